The maximum Gasteiger partial charge on any atom is 0.390 e. The molecule has 212 valence electrons. The van der Waals surface area contributed by atoms with Crippen LogP contribution in [0.25, 0.3) is 22.3 Å². The Labute approximate surface area is 224 Å². The van der Waals surface area contributed by atoms with Gasteiger partial charge in [0.25, 0.3) is 0 Å². The number of hydrogen-bond donors (Lipinski definition) is 2. The molecule has 3 aromatic rings. The molecule has 0 spiro atoms. The number of pyridine rings is 1. The molecule has 1 aliphatic carbocycles. The Hall–Kier alpha value is -3.26. The van der Waals surface area contributed by atoms with E-state index in [1.807, 2.05) is 4.72 Å². The number of alkyl halides is 3. The lowest BCUT2D eigenvalue weighted by Gasteiger charge is -2.32. The van der Waals surface area contributed by atoms with E-state index < -0.39 is 39.9 Å². The number of sulfonamides is 1. The first-order valence-corrected chi connectivity index (χ1v) is 14.0. The van der Waals surface area contributed by atoms with Crippen LogP contribution in [-0.4, -0.2) is 73.5 Å². The number of aromatic nitrogens is 3. The van der Waals surface area contributed by atoms with Crippen molar-refractivity contribution in [1.82, 2.24) is 19.9 Å². The second-order valence-corrected chi connectivity index (χ2v) is 11.6. The lowest BCUT2D eigenvalue weighted by Crippen LogP contribution is -2.36. The summed E-state index contributed by atoms with van der Waals surface area (Å²) in [5.74, 6) is -1.34. The fourth-order valence-electron chi connectivity index (χ4n) is 4.51. The zero-order chi connectivity index (χ0) is 28.4. The van der Waals surface area contributed by atoms with Crippen LogP contribution >= 0.6 is 0 Å². The van der Waals surface area contributed by atoms with Gasteiger partial charge in [0, 0.05) is 23.7 Å². The van der Waals surface area contributed by atoms with E-state index in [9.17, 15) is 26.0 Å². The first-order valence-electron chi connectivity index (χ1n) is 12.4. The Kier molecular flexibility index (Phi) is 8.45. The minimum atomic E-state index is -4.65. The Bertz CT molecular complexity index is 1430. The summed E-state index contributed by atoms with van der Waals surface area (Å²) in [5, 5.41) is 3.39. The van der Waals surface area contributed by atoms with Crippen molar-refractivity contribution in [3.63, 3.8) is 0 Å². The zero-order valence-corrected chi connectivity index (χ0v) is 22.5. The summed E-state index contributed by atoms with van der Waals surface area (Å²) in [6.45, 7) is 0. The lowest BCUT2D eigenvalue weighted by molar-refractivity contribution is -0.129. The number of fused-ring (bicyclic) bond motifs is 1. The van der Waals surface area contributed by atoms with Gasteiger partial charge in [-0.2, -0.15) is 13.2 Å². The van der Waals surface area contributed by atoms with Crippen LogP contribution in [0.3, 0.4) is 0 Å². The Morgan fingerprint density at radius 3 is 2.44 bits per heavy atom. The standard InChI is InChI=1S/C25H30F4N6O3S/c1-35(2)17-7-5-16(6-8-17)31-24-30-14-21-23(33-24)22(38-3)13-20(32-21)15-4-9-19(18(26)12-15)34-39(36,37)11-10-25(27,28)29/h4,9,12-14,16-17,34H,5-8,10-11H2,1-3H3,(H,30,31,33)/t16-,17-. The predicted molar refractivity (Wildman–Crippen MR) is 141 cm³/mol. The van der Waals surface area contributed by atoms with Crippen LogP contribution in [0.4, 0.5) is 29.2 Å². The molecule has 0 amide bonds. The van der Waals surface area contributed by atoms with Gasteiger partial charge in [0.15, 0.2) is 0 Å². The van der Waals surface area contributed by atoms with Gasteiger partial charge in [-0.1, -0.05) is 6.07 Å². The molecular weight excluding hydrogens is 540 g/mol. The smallest absolute Gasteiger partial charge is 0.390 e. The van der Waals surface area contributed by atoms with Crippen molar-refractivity contribution >= 4 is 32.7 Å². The topological polar surface area (TPSA) is 109 Å². The monoisotopic (exact) mass is 570 g/mol. The lowest BCUT2D eigenvalue weighted by atomic mass is 9.91. The zero-order valence-electron chi connectivity index (χ0n) is 21.7. The molecule has 1 fully saturated rings. The van der Waals surface area contributed by atoms with Crippen LogP contribution < -0.4 is 14.8 Å². The highest BCUT2D eigenvalue weighted by atomic mass is 32.2. The Morgan fingerprint density at radius 1 is 1.10 bits per heavy atom. The normalized spacial score (nSPS) is 18.4. The molecule has 9 nitrogen and oxygen atoms in total. The number of rotatable bonds is 9. The van der Waals surface area contributed by atoms with Gasteiger partial charge in [0.05, 0.1) is 36.9 Å². The van der Waals surface area contributed by atoms with Gasteiger partial charge < -0.3 is 15.0 Å². The number of methoxy groups -OCH3 is 1. The maximum atomic E-state index is 14.7. The largest absolute Gasteiger partial charge is 0.494 e. The van der Waals surface area contributed by atoms with Crippen LogP contribution in [0.5, 0.6) is 5.75 Å². The molecule has 0 saturated heterocycles. The second-order valence-electron chi connectivity index (χ2n) is 9.73. The van der Waals surface area contributed by atoms with Gasteiger partial charge in [-0.05, 0) is 51.9 Å². The van der Waals surface area contributed by atoms with E-state index >= 15 is 0 Å². The molecule has 2 aromatic heterocycles. The Balaban J connectivity index is 1.52. The molecule has 14 heteroatoms. The van der Waals surface area contributed by atoms with Crippen molar-refractivity contribution in [2.24, 2.45) is 0 Å². The second kappa shape index (κ2) is 11.5. The van der Waals surface area contributed by atoms with Crippen molar-refractivity contribution in [2.45, 2.75) is 50.4 Å². The number of nitrogens with zero attached hydrogens (tertiary/aromatic N) is 4. The van der Waals surface area contributed by atoms with Crippen molar-refractivity contribution in [3.8, 4) is 17.0 Å². The number of benzene rings is 1. The van der Waals surface area contributed by atoms with E-state index in [0.717, 1.165) is 37.8 Å². The fraction of sp³-hybridized carbons (Fsp3) is 0.480. The van der Waals surface area contributed by atoms with Crippen molar-refractivity contribution in [1.29, 1.82) is 0 Å². The minimum absolute atomic E-state index is 0.254. The average molecular weight is 571 g/mol. The summed E-state index contributed by atoms with van der Waals surface area (Å²) < 4.78 is 83.2. The highest BCUT2D eigenvalue weighted by Crippen LogP contribution is 2.32. The summed E-state index contributed by atoms with van der Waals surface area (Å²) in [5.41, 5.74) is 1.02. The number of anilines is 2. The molecule has 1 aliphatic rings. The average Bonchev–Trinajstić information content (AvgIpc) is 2.88. The number of ether oxygens (including phenoxy) is 1. The van der Waals surface area contributed by atoms with Crippen LogP contribution in [0.1, 0.15) is 32.1 Å². The first kappa shape index (κ1) is 28.7. The quantitative estimate of drug-likeness (QED) is 0.353. The van der Waals surface area contributed by atoms with Gasteiger partial charge in [-0.3, -0.25) is 4.72 Å². The maximum absolute atomic E-state index is 14.7. The third kappa shape index (κ3) is 7.44. The summed E-state index contributed by atoms with van der Waals surface area (Å²) in [6, 6.07) is 5.96. The molecule has 1 saturated carbocycles. The molecule has 1 aromatic carbocycles. The molecule has 0 unspecified atom stereocenters. The van der Waals surface area contributed by atoms with Gasteiger partial charge in [0.1, 0.15) is 22.6 Å². The van der Waals surface area contributed by atoms with Crippen molar-refractivity contribution in [2.75, 3.05) is 37.0 Å². The first-order chi connectivity index (χ1) is 18.3. The Morgan fingerprint density at radius 2 is 1.82 bits per heavy atom. The molecule has 0 aliphatic heterocycles. The molecule has 4 rings (SSSR count). The van der Waals surface area contributed by atoms with Crippen molar-refractivity contribution < 1.29 is 30.7 Å². The number of nitrogens with one attached hydrogen (secondary N) is 2. The summed E-state index contributed by atoms with van der Waals surface area (Å²) in [4.78, 5) is 15.7. The van der Waals surface area contributed by atoms with E-state index in [-0.39, 0.29) is 6.04 Å². The molecule has 0 radical (unpaired) electrons. The van der Waals surface area contributed by atoms with Crippen LogP contribution in [0.15, 0.2) is 30.5 Å². The predicted octanol–water partition coefficient (Wildman–Crippen LogP) is 4.82. The van der Waals surface area contributed by atoms with E-state index in [1.54, 1.807) is 12.3 Å². The summed E-state index contributed by atoms with van der Waals surface area (Å²) in [7, 11) is 1.25. The van der Waals surface area contributed by atoms with E-state index in [2.05, 4.69) is 39.3 Å². The molecular formula is C25H30F4N6O3S. The van der Waals surface area contributed by atoms with Gasteiger partial charge in [-0.25, -0.2) is 27.8 Å². The molecule has 0 atom stereocenters. The third-order valence-electron chi connectivity index (χ3n) is 6.68. The third-order valence-corrected chi connectivity index (χ3v) is 7.95. The van der Waals surface area contributed by atoms with E-state index in [1.165, 1.54) is 13.2 Å². The van der Waals surface area contributed by atoms with Gasteiger partial charge in [0.2, 0.25) is 16.0 Å². The molecule has 2 N–H and O–H groups in total. The van der Waals surface area contributed by atoms with Crippen molar-refractivity contribution in [3.05, 3.63) is 36.3 Å². The summed E-state index contributed by atoms with van der Waals surface area (Å²) in [6.07, 6.45) is -0.490. The fourth-order valence-corrected chi connectivity index (χ4v) is 5.61. The minimum Gasteiger partial charge on any atom is -0.494 e. The molecule has 2 heterocycles. The summed E-state index contributed by atoms with van der Waals surface area (Å²) >= 11 is 0. The van der Waals surface area contributed by atoms with E-state index in [4.69, 9.17) is 4.74 Å². The van der Waals surface area contributed by atoms with Crippen LogP contribution in [-0.2, 0) is 10.0 Å². The number of hydrogen-bond acceptors (Lipinski definition) is 8. The highest BCUT2D eigenvalue weighted by Gasteiger charge is 2.30. The van der Waals surface area contributed by atoms with Gasteiger partial charge in [-0.15, -0.1) is 0 Å². The highest BCUT2D eigenvalue weighted by molar-refractivity contribution is 7.92. The van der Waals surface area contributed by atoms with Gasteiger partial charge >= 0.3 is 6.18 Å². The van der Waals surface area contributed by atoms with Crippen LogP contribution in [0.2, 0.25) is 0 Å². The SMILES string of the molecule is COc1cc(-c2ccc(NS(=O)(=O)CCC(F)(F)F)c(F)c2)nc2cnc(N[C@H]3CC[C@H](N(C)C)CC3)nc12. The number of halogens is 4. The van der Waals surface area contributed by atoms with E-state index in [0.29, 0.717) is 40.0 Å². The van der Waals surface area contributed by atoms with Crippen LogP contribution in [0, 0.1) is 5.82 Å². The molecule has 0 bridgehead atoms. The molecule has 39 heavy (non-hydrogen) atoms.